The van der Waals surface area contributed by atoms with Gasteiger partial charge in [0.1, 0.15) is 9.67 Å². The van der Waals surface area contributed by atoms with Crippen molar-refractivity contribution in [2.24, 2.45) is 0 Å². The average molecular weight is 384 g/mol. The van der Waals surface area contributed by atoms with E-state index < -0.39 is 0 Å². The normalized spacial score (nSPS) is 11.5. The Bertz CT molecular complexity index is 353. The standard InChI is InChI=1S/C18H26Cl4/c19-17(20)13-5-1-3-9-15-11-7-8-12-16(15)10-4-2-6-14-18(21)22/h7-8,11-12,17-18H,1-6,9-10,13-14H2. The van der Waals surface area contributed by atoms with Crippen LogP contribution in [0.5, 0.6) is 0 Å². The summed E-state index contributed by atoms with van der Waals surface area (Å²) in [7, 11) is 0. The topological polar surface area (TPSA) is 0 Å². The van der Waals surface area contributed by atoms with Crippen LogP contribution < -0.4 is 0 Å². The molecule has 1 aromatic carbocycles. The van der Waals surface area contributed by atoms with Crippen molar-refractivity contribution in [1.82, 2.24) is 0 Å². The molecule has 0 radical (unpaired) electrons. The Morgan fingerprint density at radius 3 is 1.36 bits per heavy atom. The molecule has 0 bridgehead atoms. The molecule has 0 N–H and O–H groups in total. The number of unbranched alkanes of at least 4 members (excludes halogenated alkanes) is 4. The molecule has 0 atom stereocenters. The summed E-state index contributed by atoms with van der Waals surface area (Å²) in [5.41, 5.74) is 2.98. The van der Waals surface area contributed by atoms with Crippen molar-refractivity contribution in [3.63, 3.8) is 0 Å². The first-order chi connectivity index (χ1) is 10.6. The minimum absolute atomic E-state index is 0.215. The Kier molecular flexibility index (Phi) is 11.8. The van der Waals surface area contributed by atoms with Crippen molar-refractivity contribution in [2.75, 3.05) is 0 Å². The van der Waals surface area contributed by atoms with Gasteiger partial charge in [0.15, 0.2) is 0 Å². The molecular weight excluding hydrogens is 358 g/mol. The number of halogens is 4. The van der Waals surface area contributed by atoms with Gasteiger partial charge in [0, 0.05) is 0 Å². The summed E-state index contributed by atoms with van der Waals surface area (Å²) in [6.07, 6.45) is 11.1. The second kappa shape index (κ2) is 12.8. The van der Waals surface area contributed by atoms with Crippen LogP contribution in [-0.4, -0.2) is 9.67 Å². The first-order valence-electron chi connectivity index (χ1n) is 8.22. The summed E-state index contributed by atoms with van der Waals surface area (Å²) in [4.78, 5) is -0.430. The molecule has 0 saturated carbocycles. The number of aryl methyl sites for hydroxylation is 2. The first kappa shape index (κ1) is 20.4. The van der Waals surface area contributed by atoms with Crippen LogP contribution in [-0.2, 0) is 12.8 Å². The largest absolute Gasteiger partial charge is 0.107 e. The van der Waals surface area contributed by atoms with Crippen LogP contribution in [0.1, 0.15) is 62.5 Å². The SMILES string of the molecule is ClC(Cl)CCCCCc1ccccc1CCCCCC(Cl)Cl. The van der Waals surface area contributed by atoms with E-state index in [2.05, 4.69) is 24.3 Å². The minimum atomic E-state index is -0.215. The minimum Gasteiger partial charge on any atom is -0.105 e. The monoisotopic (exact) mass is 382 g/mol. The zero-order valence-electron chi connectivity index (χ0n) is 13.0. The lowest BCUT2D eigenvalue weighted by Gasteiger charge is -2.10. The van der Waals surface area contributed by atoms with Crippen LogP contribution in [0.25, 0.3) is 0 Å². The van der Waals surface area contributed by atoms with Crippen LogP contribution in [0.4, 0.5) is 0 Å². The molecule has 126 valence electrons. The van der Waals surface area contributed by atoms with Gasteiger partial charge in [-0.15, -0.1) is 46.4 Å². The number of rotatable bonds is 12. The van der Waals surface area contributed by atoms with E-state index in [0.717, 1.165) is 38.5 Å². The number of hydrogen-bond acceptors (Lipinski definition) is 0. The zero-order chi connectivity index (χ0) is 16.2. The Labute approximate surface area is 155 Å². The molecule has 0 unspecified atom stereocenters. The summed E-state index contributed by atoms with van der Waals surface area (Å²) in [5.74, 6) is 0. The van der Waals surface area contributed by atoms with E-state index in [4.69, 9.17) is 46.4 Å². The van der Waals surface area contributed by atoms with Crippen molar-refractivity contribution in [2.45, 2.75) is 73.9 Å². The molecule has 1 aromatic rings. The van der Waals surface area contributed by atoms with E-state index in [9.17, 15) is 0 Å². The maximum Gasteiger partial charge on any atom is 0.107 e. The fourth-order valence-electron chi connectivity index (χ4n) is 2.63. The summed E-state index contributed by atoms with van der Waals surface area (Å²) in [6.45, 7) is 0. The van der Waals surface area contributed by atoms with Crippen molar-refractivity contribution >= 4 is 46.4 Å². The van der Waals surface area contributed by atoms with Gasteiger partial charge in [-0.05, 0) is 49.7 Å². The Morgan fingerprint density at radius 2 is 1.00 bits per heavy atom. The van der Waals surface area contributed by atoms with Crippen molar-refractivity contribution in [1.29, 1.82) is 0 Å². The van der Waals surface area contributed by atoms with Gasteiger partial charge in [-0.3, -0.25) is 0 Å². The molecule has 0 aromatic heterocycles. The van der Waals surface area contributed by atoms with E-state index in [1.165, 1.54) is 36.8 Å². The Morgan fingerprint density at radius 1 is 0.591 bits per heavy atom. The van der Waals surface area contributed by atoms with Crippen LogP contribution >= 0.6 is 46.4 Å². The molecule has 0 nitrogen and oxygen atoms in total. The highest BCUT2D eigenvalue weighted by Gasteiger charge is 2.04. The highest BCUT2D eigenvalue weighted by molar-refractivity contribution is 6.44. The summed E-state index contributed by atoms with van der Waals surface area (Å²) in [5, 5.41) is 0. The molecule has 0 saturated heterocycles. The van der Waals surface area contributed by atoms with Gasteiger partial charge in [0.2, 0.25) is 0 Å². The third-order valence-electron chi connectivity index (χ3n) is 3.86. The van der Waals surface area contributed by atoms with E-state index in [1.807, 2.05) is 0 Å². The molecule has 4 heteroatoms. The average Bonchev–Trinajstić information content (AvgIpc) is 2.47. The first-order valence-corrected chi connectivity index (χ1v) is 9.97. The third kappa shape index (κ3) is 10.2. The Balaban J connectivity index is 2.26. The van der Waals surface area contributed by atoms with Crippen LogP contribution in [0.3, 0.4) is 0 Å². The summed E-state index contributed by atoms with van der Waals surface area (Å²) in [6, 6.07) is 8.79. The highest BCUT2D eigenvalue weighted by Crippen LogP contribution is 2.19. The predicted molar refractivity (Wildman–Crippen MR) is 102 cm³/mol. The van der Waals surface area contributed by atoms with Gasteiger partial charge in [-0.25, -0.2) is 0 Å². The van der Waals surface area contributed by atoms with Crippen LogP contribution in [0.2, 0.25) is 0 Å². The summed E-state index contributed by atoms with van der Waals surface area (Å²) < 4.78 is 0. The van der Waals surface area contributed by atoms with Gasteiger partial charge >= 0.3 is 0 Å². The lowest BCUT2D eigenvalue weighted by atomic mass is 9.97. The molecule has 0 spiro atoms. The van der Waals surface area contributed by atoms with Gasteiger partial charge in [-0.1, -0.05) is 49.9 Å². The van der Waals surface area contributed by atoms with Crippen LogP contribution in [0.15, 0.2) is 24.3 Å². The number of benzene rings is 1. The predicted octanol–water partition coefficient (Wildman–Crippen LogP) is 7.50. The highest BCUT2D eigenvalue weighted by atomic mass is 35.5. The fourth-order valence-corrected chi connectivity index (χ4v) is 3.24. The van der Waals surface area contributed by atoms with E-state index >= 15 is 0 Å². The van der Waals surface area contributed by atoms with Crippen molar-refractivity contribution in [3.05, 3.63) is 35.4 Å². The molecule has 0 amide bonds. The fraction of sp³-hybridized carbons (Fsp3) is 0.667. The van der Waals surface area contributed by atoms with Gasteiger partial charge in [0.05, 0.1) is 0 Å². The molecule has 22 heavy (non-hydrogen) atoms. The number of hydrogen-bond donors (Lipinski definition) is 0. The lowest BCUT2D eigenvalue weighted by molar-refractivity contribution is 0.644. The van der Waals surface area contributed by atoms with Crippen molar-refractivity contribution in [3.8, 4) is 0 Å². The Hall–Kier alpha value is 0.380. The maximum absolute atomic E-state index is 5.75. The van der Waals surface area contributed by atoms with Gasteiger partial charge in [0.25, 0.3) is 0 Å². The smallest absolute Gasteiger partial charge is 0.105 e. The molecule has 0 fully saturated rings. The maximum atomic E-state index is 5.75. The second-order valence-corrected chi connectivity index (χ2v) is 8.30. The molecule has 0 heterocycles. The molecule has 0 aliphatic rings. The van der Waals surface area contributed by atoms with Crippen molar-refractivity contribution < 1.29 is 0 Å². The van der Waals surface area contributed by atoms with E-state index in [1.54, 1.807) is 0 Å². The van der Waals surface area contributed by atoms with Gasteiger partial charge < -0.3 is 0 Å². The number of alkyl halides is 4. The molecule has 1 rings (SSSR count). The zero-order valence-corrected chi connectivity index (χ0v) is 16.1. The molecule has 0 aliphatic carbocycles. The quantitative estimate of drug-likeness (QED) is 0.259. The van der Waals surface area contributed by atoms with E-state index in [-0.39, 0.29) is 9.67 Å². The van der Waals surface area contributed by atoms with Gasteiger partial charge in [-0.2, -0.15) is 0 Å². The van der Waals surface area contributed by atoms with E-state index in [0.29, 0.717) is 0 Å². The molecular formula is C18H26Cl4. The second-order valence-electron chi connectivity index (χ2n) is 5.75. The van der Waals surface area contributed by atoms with Crippen LogP contribution in [0, 0.1) is 0 Å². The lowest BCUT2D eigenvalue weighted by Crippen LogP contribution is -1.96. The summed E-state index contributed by atoms with van der Waals surface area (Å²) >= 11 is 23.0. The molecule has 0 aliphatic heterocycles. The third-order valence-corrected chi connectivity index (χ3v) is 4.73.